The van der Waals surface area contributed by atoms with Gasteiger partial charge in [-0.1, -0.05) is 21.4 Å². The van der Waals surface area contributed by atoms with Crippen LogP contribution in [0, 0.1) is 0 Å². The highest BCUT2D eigenvalue weighted by Crippen LogP contribution is 2.34. The van der Waals surface area contributed by atoms with Crippen LogP contribution in [-0.4, -0.2) is 0 Å². The summed E-state index contributed by atoms with van der Waals surface area (Å²) in [5.41, 5.74) is 2.91. The molecule has 0 saturated carbocycles. The van der Waals surface area contributed by atoms with E-state index in [-0.39, 0.29) is 5.56 Å². The molecule has 0 aromatic heterocycles. The van der Waals surface area contributed by atoms with Crippen LogP contribution in [0.1, 0.15) is 5.56 Å². The lowest BCUT2D eigenvalue weighted by molar-refractivity contribution is 0.104. The predicted molar refractivity (Wildman–Crippen MR) is 44.5 cm³/mol. The topological polar surface area (TPSA) is 26.0 Å². The fraction of sp³-hybridized carbons (Fsp3) is 0.143. The summed E-state index contributed by atoms with van der Waals surface area (Å²) in [6.45, 7) is 0. The van der Waals surface area contributed by atoms with Gasteiger partial charge in [-0.15, -0.1) is 0 Å². The van der Waals surface area contributed by atoms with Crippen LogP contribution >= 0.6 is 9.24 Å². The van der Waals surface area contributed by atoms with Crippen molar-refractivity contribution in [2.45, 2.75) is 5.66 Å². The molecule has 0 aliphatic heterocycles. The summed E-state index contributed by atoms with van der Waals surface area (Å²) in [4.78, 5) is 0. The van der Waals surface area contributed by atoms with E-state index < -0.39 is 5.66 Å². The first kappa shape index (κ1) is 8.41. The lowest BCUT2D eigenvalue weighted by Crippen LogP contribution is -2.01. The smallest absolute Gasteiger partial charge is 0.283 e. The monoisotopic (exact) mass is 175 g/mol. The van der Waals surface area contributed by atoms with Gasteiger partial charge in [-0.05, 0) is 12.1 Å². The Kier molecular flexibility index (Phi) is 2.10. The maximum atomic E-state index is 12.5. The summed E-state index contributed by atoms with van der Waals surface area (Å²) < 4.78 is 25.0. The Bertz CT molecular complexity index is 240. The maximum absolute atomic E-state index is 12.5. The highest BCUT2D eigenvalue weighted by atomic mass is 31.0. The molecule has 0 radical (unpaired) electrons. The quantitative estimate of drug-likeness (QED) is 0.513. The van der Waals surface area contributed by atoms with Crippen molar-refractivity contribution < 1.29 is 8.78 Å². The number of hydrogen-bond acceptors (Lipinski definition) is 1. The molecule has 1 aromatic rings. The fourth-order valence-corrected chi connectivity index (χ4v) is 0.898. The van der Waals surface area contributed by atoms with Crippen LogP contribution in [0.2, 0.25) is 0 Å². The van der Waals surface area contributed by atoms with Gasteiger partial charge in [0, 0.05) is 11.3 Å². The number of alkyl halides is 2. The zero-order valence-corrected chi connectivity index (χ0v) is 6.87. The molecule has 2 N–H and O–H groups in total. The van der Waals surface area contributed by atoms with Crippen LogP contribution in [0.5, 0.6) is 0 Å². The summed E-state index contributed by atoms with van der Waals surface area (Å²) in [6, 6.07) is 5.52. The minimum atomic E-state index is -2.85. The SMILES string of the molecule is Nc1ccc(C(F)(F)P)cc1. The zero-order valence-electron chi connectivity index (χ0n) is 5.72. The standard InChI is InChI=1S/C7H8F2NP/c8-7(9,11)5-1-3-6(10)4-2-5/h1-4H,10-11H2. The molecular formula is C7H8F2NP. The van der Waals surface area contributed by atoms with E-state index in [2.05, 4.69) is 0 Å². The molecule has 0 aliphatic carbocycles. The highest BCUT2D eigenvalue weighted by molar-refractivity contribution is 7.17. The van der Waals surface area contributed by atoms with Crippen LogP contribution in [0.3, 0.4) is 0 Å². The molecule has 0 heterocycles. The van der Waals surface area contributed by atoms with Crippen LogP contribution in [0.4, 0.5) is 14.5 Å². The van der Waals surface area contributed by atoms with Crippen molar-refractivity contribution in [3.63, 3.8) is 0 Å². The van der Waals surface area contributed by atoms with Crippen molar-refractivity contribution >= 4 is 14.9 Å². The third kappa shape index (κ3) is 2.12. The van der Waals surface area contributed by atoms with Gasteiger partial charge in [0.25, 0.3) is 5.66 Å². The van der Waals surface area contributed by atoms with Crippen molar-refractivity contribution in [2.75, 3.05) is 5.73 Å². The summed E-state index contributed by atoms with van der Waals surface area (Å²) >= 11 is 0. The molecule has 0 amide bonds. The summed E-state index contributed by atoms with van der Waals surface area (Å²) in [5.74, 6) is 0. The molecule has 0 spiro atoms. The van der Waals surface area contributed by atoms with Gasteiger partial charge in [0.2, 0.25) is 0 Å². The van der Waals surface area contributed by atoms with Crippen molar-refractivity contribution in [3.05, 3.63) is 29.8 Å². The molecule has 60 valence electrons. The Morgan fingerprint density at radius 3 is 2.00 bits per heavy atom. The summed E-state index contributed by atoms with van der Waals surface area (Å²) in [6.07, 6.45) is 0. The fourth-order valence-electron chi connectivity index (χ4n) is 0.705. The molecule has 11 heavy (non-hydrogen) atoms. The van der Waals surface area contributed by atoms with Gasteiger partial charge in [-0.25, -0.2) is 0 Å². The molecular weight excluding hydrogens is 167 g/mol. The maximum Gasteiger partial charge on any atom is 0.283 e. The minimum Gasteiger partial charge on any atom is -0.399 e. The van der Waals surface area contributed by atoms with Crippen LogP contribution in [0.25, 0.3) is 0 Å². The van der Waals surface area contributed by atoms with Crippen LogP contribution < -0.4 is 5.73 Å². The lowest BCUT2D eigenvalue weighted by Gasteiger charge is -2.09. The number of anilines is 1. The van der Waals surface area contributed by atoms with Crippen molar-refractivity contribution in [1.29, 1.82) is 0 Å². The van der Waals surface area contributed by atoms with E-state index in [1.807, 2.05) is 0 Å². The number of halogens is 2. The highest BCUT2D eigenvalue weighted by Gasteiger charge is 2.23. The van der Waals surface area contributed by atoms with Gasteiger partial charge in [0.15, 0.2) is 0 Å². The van der Waals surface area contributed by atoms with Gasteiger partial charge < -0.3 is 5.73 Å². The van der Waals surface area contributed by atoms with Gasteiger partial charge >= 0.3 is 0 Å². The Labute approximate surface area is 65.8 Å². The molecule has 1 unspecified atom stereocenters. The summed E-state index contributed by atoms with van der Waals surface area (Å²) in [5, 5.41) is 0. The zero-order chi connectivity index (χ0) is 8.48. The first-order valence-electron chi connectivity index (χ1n) is 3.03. The van der Waals surface area contributed by atoms with Gasteiger partial charge in [-0.3, -0.25) is 0 Å². The Balaban J connectivity index is 2.99. The van der Waals surface area contributed by atoms with Crippen LogP contribution in [-0.2, 0) is 5.66 Å². The normalized spacial score (nSPS) is 11.5. The van der Waals surface area contributed by atoms with Crippen molar-refractivity contribution in [2.24, 2.45) is 0 Å². The predicted octanol–water partition coefficient (Wildman–Crippen LogP) is 2.19. The minimum absolute atomic E-state index is 0.0447. The van der Waals surface area contributed by atoms with Gasteiger partial charge in [-0.2, -0.15) is 8.78 Å². The number of rotatable bonds is 1. The Morgan fingerprint density at radius 1 is 1.18 bits per heavy atom. The molecule has 1 nitrogen and oxygen atoms in total. The molecule has 4 heteroatoms. The Hall–Kier alpha value is -0.690. The van der Waals surface area contributed by atoms with E-state index in [1.165, 1.54) is 33.5 Å². The third-order valence-electron chi connectivity index (χ3n) is 1.30. The van der Waals surface area contributed by atoms with Crippen LogP contribution in [0.15, 0.2) is 24.3 Å². The molecule has 0 saturated heterocycles. The second-order valence-electron chi connectivity index (χ2n) is 2.24. The van der Waals surface area contributed by atoms with Crippen molar-refractivity contribution in [3.8, 4) is 0 Å². The largest absolute Gasteiger partial charge is 0.399 e. The van der Waals surface area contributed by atoms with E-state index in [1.54, 1.807) is 0 Å². The molecule has 1 aromatic carbocycles. The lowest BCUT2D eigenvalue weighted by atomic mass is 10.2. The first-order valence-corrected chi connectivity index (χ1v) is 3.60. The van der Waals surface area contributed by atoms with E-state index in [0.29, 0.717) is 5.69 Å². The Morgan fingerprint density at radius 2 is 1.64 bits per heavy atom. The molecule has 0 bridgehead atoms. The molecule has 1 rings (SSSR count). The molecule has 0 aliphatic rings. The van der Waals surface area contributed by atoms with E-state index in [9.17, 15) is 8.78 Å². The second-order valence-corrected chi connectivity index (χ2v) is 2.97. The number of nitrogen functional groups attached to an aromatic ring is 1. The third-order valence-corrected chi connectivity index (χ3v) is 1.63. The average molecular weight is 175 g/mol. The van der Waals surface area contributed by atoms with E-state index >= 15 is 0 Å². The number of benzene rings is 1. The van der Waals surface area contributed by atoms with E-state index in [0.717, 1.165) is 0 Å². The number of hydrogen-bond donors (Lipinski definition) is 1. The molecule has 0 fully saturated rings. The van der Waals surface area contributed by atoms with Gasteiger partial charge in [0.1, 0.15) is 0 Å². The summed E-state index contributed by atoms with van der Waals surface area (Å²) in [7, 11) is 1.47. The first-order chi connectivity index (χ1) is 5.00. The number of nitrogens with two attached hydrogens (primary N) is 1. The van der Waals surface area contributed by atoms with Gasteiger partial charge in [0.05, 0.1) is 0 Å². The van der Waals surface area contributed by atoms with E-state index in [4.69, 9.17) is 5.73 Å². The molecule has 1 atom stereocenters. The van der Waals surface area contributed by atoms with Crippen molar-refractivity contribution in [1.82, 2.24) is 0 Å². The second kappa shape index (κ2) is 2.74. The average Bonchev–Trinajstić information content (AvgIpc) is 1.86.